The van der Waals surface area contributed by atoms with E-state index in [1.165, 1.54) is 0 Å². The Morgan fingerprint density at radius 2 is 2.31 bits per heavy atom. The lowest BCUT2D eigenvalue weighted by Crippen LogP contribution is -2.34. The van der Waals surface area contributed by atoms with Crippen molar-refractivity contribution in [1.82, 2.24) is 9.55 Å². The van der Waals surface area contributed by atoms with Gasteiger partial charge in [0.15, 0.2) is 5.82 Å². The summed E-state index contributed by atoms with van der Waals surface area (Å²) in [6.45, 7) is 5.53. The van der Waals surface area contributed by atoms with E-state index in [1.807, 2.05) is 18.7 Å². The van der Waals surface area contributed by atoms with Crippen molar-refractivity contribution >= 4 is 5.82 Å². The quantitative estimate of drug-likeness (QED) is 0.784. The third-order valence-electron chi connectivity index (χ3n) is 2.93. The van der Waals surface area contributed by atoms with Crippen LogP contribution in [-0.4, -0.2) is 28.7 Å². The van der Waals surface area contributed by atoms with E-state index in [-0.39, 0.29) is 17.6 Å². The van der Waals surface area contributed by atoms with Crippen molar-refractivity contribution in [3.8, 4) is 0 Å². The second-order valence-electron chi connectivity index (χ2n) is 4.55. The SMILES string of the molecule is CC(C)n1ccnc(N2CCC(N)C2)c1=O. The molecule has 1 unspecified atom stereocenters. The summed E-state index contributed by atoms with van der Waals surface area (Å²) in [5.41, 5.74) is 5.81. The fraction of sp³-hybridized carbons (Fsp3) is 0.636. The van der Waals surface area contributed by atoms with E-state index in [0.717, 1.165) is 19.5 Å². The van der Waals surface area contributed by atoms with E-state index in [1.54, 1.807) is 17.0 Å². The molecular formula is C11H18N4O. The Labute approximate surface area is 94.9 Å². The highest BCUT2D eigenvalue weighted by Gasteiger charge is 2.23. The fourth-order valence-corrected chi connectivity index (χ4v) is 2.02. The van der Waals surface area contributed by atoms with Gasteiger partial charge < -0.3 is 15.2 Å². The second kappa shape index (κ2) is 4.25. The van der Waals surface area contributed by atoms with E-state index in [9.17, 15) is 4.79 Å². The standard InChI is InChI=1S/C11H18N4O/c1-8(2)15-6-4-13-10(11(15)16)14-5-3-9(12)7-14/h4,6,8-9H,3,5,7,12H2,1-2H3. The van der Waals surface area contributed by atoms with Crippen LogP contribution in [0.3, 0.4) is 0 Å². The maximum Gasteiger partial charge on any atom is 0.293 e. The Bertz CT molecular complexity index is 426. The molecule has 88 valence electrons. The first kappa shape index (κ1) is 11.1. The molecule has 0 amide bonds. The van der Waals surface area contributed by atoms with Crippen LogP contribution in [0.15, 0.2) is 17.2 Å². The number of hydrogen-bond donors (Lipinski definition) is 1. The zero-order valence-corrected chi connectivity index (χ0v) is 9.76. The van der Waals surface area contributed by atoms with Crippen molar-refractivity contribution < 1.29 is 0 Å². The smallest absolute Gasteiger partial charge is 0.293 e. The molecule has 1 atom stereocenters. The molecule has 1 aromatic rings. The summed E-state index contributed by atoms with van der Waals surface area (Å²) in [7, 11) is 0. The molecule has 0 aromatic carbocycles. The van der Waals surface area contributed by atoms with Gasteiger partial charge in [0.05, 0.1) is 0 Å². The maximum atomic E-state index is 12.1. The van der Waals surface area contributed by atoms with Crippen molar-refractivity contribution in [3.05, 3.63) is 22.7 Å². The molecule has 0 saturated carbocycles. The lowest BCUT2D eigenvalue weighted by atomic mass is 10.3. The number of rotatable bonds is 2. The molecular weight excluding hydrogens is 204 g/mol. The molecule has 1 aromatic heterocycles. The van der Waals surface area contributed by atoms with E-state index >= 15 is 0 Å². The van der Waals surface area contributed by atoms with Crippen LogP contribution < -0.4 is 16.2 Å². The molecule has 5 nitrogen and oxygen atoms in total. The zero-order chi connectivity index (χ0) is 11.7. The molecule has 16 heavy (non-hydrogen) atoms. The Morgan fingerprint density at radius 3 is 2.88 bits per heavy atom. The van der Waals surface area contributed by atoms with Crippen LogP contribution in [-0.2, 0) is 0 Å². The van der Waals surface area contributed by atoms with Crippen LogP contribution in [0.5, 0.6) is 0 Å². The van der Waals surface area contributed by atoms with Crippen LogP contribution in [0.2, 0.25) is 0 Å². The van der Waals surface area contributed by atoms with Crippen molar-refractivity contribution in [2.75, 3.05) is 18.0 Å². The minimum atomic E-state index is -0.0217. The summed E-state index contributed by atoms with van der Waals surface area (Å²) in [4.78, 5) is 18.3. The van der Waals surface area contributed by atoms with Crippen molar-refractivity contribution in [2.45, 2.75) is 32.4 Å². The first-order valence-electron chi connectivity index (χ1n) is 5.67. The van der Waals surface area contributed by atoms with Gasteiger partial charge in [-0.25, -0.2) is 4.98 Å². The molecule has 5 heteroatoms. The van der Waals surface area contributed by atoms with Crippen molar-refractivity contribution in [1.29, 1.82) is 0 Å². The van der Waals surface area contributed by atoms with Crippen LogP contribution in [0.4, 0.5) is 5.82 Å². The van der Waals surface area contributed by atoms with Gasteiger partial charge >= 0.3 is 0 Å². The van der Waals surface area contributed by atoms with Gasteiger partial charge in [-0.2, -0.15) is 0 Å². The van der Waals surface area contributed by atoms with Crippen molar-refractivity contribution in [3.63, 3.8) is 0 Å². The molecule has 1 aliphatic rings. The average Bonchev–Trinajstić information content (AvgIpc) is 2.64. The van der Waals surface area contributed by atoms with E-state index in [0.29, 0.717) is 5.82 Å². The number of nitrogens with two attached hydrogens (primary N) is 1. The van der Waals surface area contributed by atoms with Crippen molar-refractivity contribution in [2.24, 2.45) is 5.73 Å². The Morgan fingerprint density at radius 1 is 1.56 bits per heavy atom. The first-order chi connectivity index (χ1) is 7.59. The topological polar surface area (TPSA) is 64.2 Å². The summed E-state index contributed by atoms with van der Waals surface area (Å²) in [5, 5.41) is 0. The molecule has 1 fully saturated rings. The number of nitrogens with zero attached hydrogens (tertiary/aromatic N) is 3. The second-order valence-corrected chi connectivity index (χ2v) is 4.55. The van der Waals surface area contributed by atoms with Gasteiger partial charge in [0.2, 0.25) is 0 Å². The Kier molecular flexibility index (Phi) is 2.96. The van der Waals surface area contributed by atoms with Gasteiger partial charge in [0, 0.05) is 37.6 Å². The Hall–Kier alpha value is -1.36. The molecule has 1 aliphatic heterocycles. The Balaban J connectivity index is 2.35. The molecule has 0 spiro atoms. The zero-order valence-electron chi connectivity index (χ0n) is 9.76. The third-order valence-corrected chi connectivity index (χ3v) is 2.93. The summed E-state index contributed by atoms with van der Waals surface area (Å²) >= 11 is 0. The molecule has 2 rings (SSSR count). The number of hydrogen-bond acceptors (Lipinski definition) is 4. The van der Waals surface area contributed by atoms with E-state index in [2.05, 4.69) is 4.98 Å². The van der Waals surface area contributed by atoms with Crippen LogP contribution in [0.25, 0.3) is 0 Å². The summed E-state index contributed by atoms with van der Waals surface area (Å²) < 4.78 is 1.70. The molecule has 0 bridgehead atoms. The van der Waals surface area contributed by atoms with Gasteiger partial charge in [-0.1, -0.05) is 0 Å². The van der Waals surface area contributed by atoms with Gasteiger partial charge in [-0.3, -0.25) is 4.79 Å². The monoisotopic (exact) mass is 222 g/mol. The average molecular weight is 222 g/mol. The maximum absolute atomic E-state index is 12.1. The predicted molar refractivity (Wildman–Crippen MR) is 63.7 cm³/mol. The third kappa shape index (κ3) is 1.95. The van der Waals surface area contributed by atoms with Crippen LogP contribution in [0.1, 0.15) is 26.3 Å². The minimum Gasteiger partial charge on any atom is -0.350 e. The lowest BCUT2D eigenvalue weighted by Gasteiger charge is -2.18. The summed E-state index contributed by atoms with van der Waals surface area (Å²) in [6, 6.07) is 0.319. The van der Waals surface area contributed by atoms with E-state index < -0.39 is 0 Å². The highest BCUT2D eigenvalue weighted by Crippen LogP contribution is 2.13. The summed E-state index contributed by atoms with van der Waals surface area (Å²) in [6.07, 6.45) is 4.34. The molecule has 1 saturated heterocycles. The largest absolute Gasteiger partial charge is 0.350 e. The minimum absolute atomic E-state index is 0.0217. The van der Waals surface area contributed by atoms with Crippen LogP contribution >= 0.6 is 0 Å². The predicted octanol–water partition coefficient (Wildman–Crippen LogP) is 0.362. The highest BCUT2D eigenvalue weighted by molar-refractivity contribution is 5.37. The number of anilines is 1. The molecule has 0 radical (unpaired) electrons. The normalized spacial score (nSPS) is 20.8. The highest BCUT2D eigenvalue weighted by atomic mass is 16.1. The van der Waals surface area contributed by atoms with Gasteiger partial charge in [-0.05, 0) is 20.3 Å². The van der Waals surface area contributed by atoms with Gasteiger partial charge in [0.1, 0.15) is 0 Å². The fourth-order valence-electron chi connectivity index (χ4n) is 2.02. The summed E-state index contributed by atoms with van der Waals surface area (Å²) in [5.74, 6) is 0.532. The van der Waals surface area contributed by atoms with Crippen LogP contribution in [0, 0.1) is 0 Å². The number of aromatic nitrogens is 2. The lowest BCUT2D eigenvalue weighted by molar-refractivity contribution is 0.572. The van der Waals surface area contributed by atoms with Gasteiger partial charge in [0.25, 0.3) is 5.56 Å². The molecule has 2 heterocycles. The molecule has 2 N–H and O–H groups in total. The van der Waals surface area contributed by atoms with E-state index in [4.69, 9.17) is 5.73 Å². The molecule has 0 aliphatic carbocycles. The van der Waals surface area contributed by atoms with Gasteiger partial charge in [-0.15, -0.1) is 0 Å². The first-order valence-corrected chi connectivity index (χ1v) is 5.67.